The lowest BCUT2D eigenvalue weighted by molar-refractivity contribution is 0.0474. The van der Waals surface area contributed by atoms with Crippen molar-refractivity contribution in [1.29, 1.82) is 0 Å². The lowest BCUT2D eigenvalue weighted by Gasteiger charge is -2.37. The average Bonchev–Trinajstić information content (AvgIpc) is 2.45. The number of hydrogen-bond donors (Lipinski definition) is 0. The molecule has 0 saturated carbocycles. The summed E-state index contributed by atoms with van der Waals surface area (Å²) in [5.41, 5.74) is 4.80. The molecule has 0 fully saturated rings. The zero-order valence-corrected chi connectivity index (χ0v) is 13.6. The Balaban J connectivity index is 2.48. The number of rotatable bonds is 4. The molecule has 0 aliphatic carbocycles. The quantitative estimate of drug-likeness (QED) is 0.776. The van der Waals surface area contributed by atoms with Gasteiger partial charge in [-0.15, -0.1) is 0 Å². The van der Waals surface area contributed by atoms with Gasteiger partial charge in [-0.2, -0.15) is 0 Å². The summed E-state index contributed by atoms with van der Waals surface area (Å²) in [5.74, 6) is 2.02. The van der Waals surface area contributed by atoms with E-state index >= 15 is 0 Å². The van der Waals surface area contributed by atoms with Crippen molar-refractivity contribution in [3.63, 3.8) is 0 Å². The van der Waals surface area contributed by atoms with Crippen molar-refractivity contribution >= 4 is 0 Å². The maximum Gasteiger partial charge on any atom is 0.188 e. The van der Waals surface area contributed by atoms with E-state index in [-0.39, 0.29) is 12.4 Å². The molecule has 1 unspecified atom stereocenters. The third-order valence-electron chi connectivity index (χ3n) is 4.63. The van der Waals surface area contributed by atoms with Gasteiger partial charge in [-0.3, -0.25) is 0 Å². The molecule has 1 aromatic carbocycles. The highest BCUT2D eigenvalue weighted by molar-refractivity contribution is 5.58. The van der Waals surface area contributed by atoms with Crippen molar-refractivity contribution in [3.8, 4) is 11.5 Å². The Hall–Kier alpha value is -1.22. The molecule has 0 bridgehead atoms. The SMILES string of the molecule is CCC1(C)CCc2c(C)c(OCOC)c(C)c(C)c2O1. The van der Waals surface area contributed by atoms with Gasteiger partial charge < -0.3 is 14.2 Å². The molecule has 112 valence electrons. The second-order valence-electron chi connectivity index (χ2n) is 5.97. The molecule has 1 atom stereocenters. The first-order valence-corrected chi connectivity index (χ1v) is 7.37. The summed E-state index contributed by atoms with van der Waals surface area (Å²) in [4.78, 5) is 0. The molecule has 2 rings (SSSR count). The van der Waals surface area contributed by atoms with Gasteiger partial charge in [0, 0.05) is 12.7 Å². The molecule has 3 nitrogen and oxygen atoms in total. The molecule has 0 N–H and O–H groups in total. The number of methoxy groups -OCH3 is 1. The fourth-order valence-corrected chi connectivity index (χ4v) is 2.86. The normalized spacial score (nSPS) is 21.3. The van der Waals surface area contributed by atoms with E-state index in [0.29, 0.717) is 0 Å². The molecule has 0 saturated heterocycles. The Kier molecular flexibility index (Phi) is 4.28. The predicted molar refractivity (Wildman–Crippen MR) is 80.8 cm³/mol. The second kappa shape index (κ2) is 5.65. The van der Waals surface area contributed by atoms with Gasteiger partial charge in [0.1, 0.15) is 17.1 Å². The van der Waals surface area contributed by atoms with E-state index in [4.69, 9.17) is 14.2 Å². The van der Waals surface area contributed by atoms with E-state index in [1.54, 1.807) is 7.11 Å². The minimum Gasteiger partial charge on any atom is -0.487 e. The minimum atomic E-state index is -0.0362. The van der Waals surface area contributed by atoms with Crippen LogP contribution in [0.3, 0.4) is 0 Å². The third-order valence-corrected chi connectivity index (χ3v) is 4.63. The van der Waals surface area contributed by atoms with E-state index in [0.717, 1.165) is 36.3 Å². The molecule has 20 heavy (non-hydrogen) atoms. The lowest BCUT2D eigenvalue weighted by atomic mass is 9.86. The monoisotopic (exact) mass is 278 g/mol. The molecule has 0 radical (unpaired) electrons. The minimum absolute atomic E-state index is 0.0362. The zero-order valence-electron chi connectivity index (χ0n) is 13.6. The molecule has 0 amide bonds. The van der Waals surface area contributed by atoms with E-state index < -0.39 is 0 Å². The Morgan fingerprint density at radius 1 is 1.15 bits per heavy atom. The van der Waals surface area contributed by atoms with Gasteiger partial charge in [-0.1, -0.05) is 6.92 Å². The van der Waals surface area contributed by atoms with Crippen LogP contribution in [0.2, 0.25) is 0 Å². The van der Waals surface area contributed by atoms with Crippen molar-refractivity contribution in [1.82, 2.24) is 0 Å². The van der Waals surface area contributed by atoms with Crippen LogP contribution in [0.15, 0.2) is 0 Å². The van der Waals surface area contributed by atoms with Crippen LogP contribution >= 0.6 is 0 Å². The van der Waals surface area contributed by atoms with Gasteiger partial charge in [0.15, 0.2) is 6.79 Å². The molecule has 0 aromatic heterocycles. The molecular formula is C17H26O3. The summed E-state index contributed by atoms with van der Waals surface area (Å²) in [5, 5.41) is 0. The van der Waals surface area contributed by atoms with Gasteiger partial charge in [0.05, 0.1) is 0 Å². The second-order valence-corrected chi connectivity index (χ2v) is 5.97. The van der Waals surface area contributed by atoms with Gasteiger partial charge in [0.2, 0.25) is 0 Å². The van der Waals surface area contributed by atoms with Gasteiger partial charge in [-0.05, 0) is 63.6 Å². The Bertz CT molecular complexity index is 508. The van der Waals surface area contributed by atoms with E-state index in [1.165, 1.54) is 16.7 Å². The maximum atomic E-state index is 6.33. The fraction of sp³-hybridized carbons (Fsp3) is 0.647. The summed E-state index contributed by atoms with van der Waals surface area (Å²) in [6, 6.07) is 0. The highest BCUT2D eigenvalue weighted by Crippen LogP contribution is 2.44. The number of ether oxygens (including phenoxy) is 3. The Morgan fingerprint density at radius 3 is 2.45 bits per heavy atom. The Morgan fingerprint density at radius 2 is 1.85 bits per heavy atom. The zero-order chi connectivity index (χ0) is 14.9. The van der Waals surface area contributed by atoms with Crippen LogP contribution in [0.5, 0.6) is 11.5 Å². The lowest BCUT2D eigenvalue weighted by Crippen LogP contribution is -2.36. The van der Waals surface area contributed by atoms with Gasteiger partial charge in [0.25, 0.3) is 0 Å². The summed E-state index contributed by atoms with van der Waals surface area (Å²) in [6.45, 7) is 11.0. The van der Waals surface area contributed by atoms with Crippen molar-refractivity contribution < 1.29 is 14.2 Å². The molecule has 1 aliphatic rings. The first-order chi connectivity index (χ1) is 9.43. The summed E-state index contributed by atoms with van der Waals surface area (Å²) in [7, 11) is 1.64. The molecular weight excluding hydrogens is 252 g/mol. The summed E-state index contributed by atoms with van der Waals surface area (Å²) in [6.07, 6.45) is 3.14. The first-order valence-electron chi connectivity index (χ1n) is 7.37. The van der Waals surface area contributed by atoms with Gasteiger partial charge in [-0.25, -0.2) is 0 Å². The standard InChI is InChI=1S/C17H26O3/c1-7-17(5)9-8-14-13(4)15(19-10-18-6)11(2)12(3)16(14)20-17/h7-10H2,1-6H3. The predicted octanol–water partition coefficient (Wildman–Crippen LogP) is 4.09. The van der Waals surface area contributed by atoms with Crippen LogP contribution in [-0.4, -0.2) is 19.5 Å². The van der Waals surface area contributed by atoms with Crippen molar-refractivity contribution in [2.45, 2.75) is 59.5 Å². The molecule has 0 spiro atoms. The first kappa shape index (κ1) is 15.2. The molecule has 1 aromatic rings. The molecule has 1 aliphatic heterocycles. The van der Waals surface area contributed by atoms with E-state index in [9.17, 15) is 0 Å². The molecule has 1 heterocycles. The fourth-order valence-electron chi connectivity index (χ4n) is 2.86. The largest absolute Gasteiger partial charge is 0.487 e. The number of benzene rings is 1. The molecule has 3 heteroatoms. The van der Waals surface area contributed by atoms with E-state index in [1.807, 2.05) is 0 Å². The number of fused-ring (bicyclic) bond motifs is 1. The smallest absolute Gasteiger partial charge is 0.188 e. The van der Waals surface area contributed by atoms with Crippen LogP contribution in [0.4, 0.5) is 0 Å². The van der Waals surface area contributed by atoms with Crippen LogP contribution in [0.25, 0.3) is 0 Å². The van der Waals surface area contributed by atoms with Crippen LogP contribution in [-0.2, 0) is 11.2 Å². The number of hydrogen-bond acceptors (Lipinski definition) is 3. The highest BCUT2D eigenvalue weighted by atomic mass is 16.7. The van der Waals surface area contributed by atoms with Crippen LogP contribution < -0.4 is 9.47 Å². The van der Waals surface area contributed by atoms with Crippen molar-refractivity contribution in [3.05, 3.63) is 22.3 Å². The van der Waals surface area contributed by atoms with E-state index in [2.05, 4.69) is 34.6 Å². The van der Waals surface area contributed by atoms with Crippen LogP contribution in [0.1, 0.15) is 48.9 Å². The third kappa shape index (κ3) is 2.51. The van der Waals surface area contributed by atoms with Gasteiger partial charge >= 0.3 is 0 Å². The van der Waals surface area contributed by atoms with Crippen molar-refractivity contribution in [2.24, 2.45) is 0 Å². The van der Waals surface area contributed by atoms with Crippen molar-refractivity contribution in [2.75, 3.05) is 13.9 Å². The Labute approximate surface area is 122 Å². The topological polar surface area (TPSA) is 27.7 Å². The summed E-state index contributed by atoms with van der Waals surface area (Å²) < 4.78 is 17.1. The van der Waals surface area contributed by atoms with Crippen LogP contribution in [0, 0.1) is 20.8 Å². The highest BCUT2D eigenvalue weighted by Gasteiger charge is 2.33. The average molecular weight is 278 g/mol. The summed E-state index contributed by atoms with van der Waals surface area (Å²) >= 11 is 0. The maximum absolute atomic E-state index is 6.33.